The molecule has 0 unspecified atom stereocenters. The molecule has 2 rings (SSSR count). The summed E-state index contributed by atoms with van der Waals surface area (Å²) in [4.78, 5) is 12.0. The monoisotopic (exact) mass is 407 g/mol. The van der Waals surface area contributed by atoms with Crippen LogP contribution < -0.4 is 5.32 Å². The molecule has 2 N–H and O–H groups in total. The molecule has 98 valence electrons. The third kappa shape index (κ3) is 3.52. The Labute approximate surface area is 133 Å². The van der Waals surface area contributed by atoms with Gasteiger partial charge in [-0.1, -0.05) is 23.2 Å². The van der Waals surface area contributed by atoms with Gasteiger partial charge >= 0.3 is 0 Å². The van der Waals surface area contributed by atoms with Crippen molar-refractivity contribution in [3.05, 3.63) is 55.6 Å². The van der Waals surface area contributed by atoms with Gasteiger partial charge in [-0.2, -0.15) is 0 Å². The van der Waals surface area contributed by atoms with Gasteiger partial charge in [-0.05, 0) is 59.0 Å². The van der Waals surface area contributed by atoms with Crippen molar-refractivity contribution in [3.63, 3.8) is 0 Å². The molecule has 0 aliphatic carbocycles. The molecular weight excluding hydrogens is 400 g/mol. The van der Waals surface area contributed by atoms with Gasteiger partial charge in [0.1, 0.15) is 5.75 Å². The Balaban J connectivity index is 2.25. The number of carbonyl (C=O) groups excluding carboxylic acids is 1. The molecule has 0 bridgehead atoms. The molecule has 0 radical (unpaired) electrons. The fraction of sp³-hybridized carbons (Fsp3) is 0. The van der Waals surface area contributed by atoms with Crippen molar-refractivity contribution in [2.45, 2.75) is 0 Å². The zero-order valence-electron chi connectivity index (χ0n) is 9.45. The topological polar surface area (TPSA) is 49.3 Å². The lowest BCUT2D eigenvalue weighted by molar-refractivity contribution is 0.102. The van der Waals surface area contributed by atoms with E-state index in [9.17, 15) is 9.90 Å². The molecule has 6 heteroatoms. The molecular formula is C13H8Cl2INO2. The van der Waals surface area contributed by atoms with Crippen molar-refractivity contribution in [3.8, 4) is 5.75 Å². The minimum atomic E-state index is -0.408. The number of aromatic hydroxyl groups is 1. The first-order chi connectivity index (χ1) is 8.97. The summed E-state index contributed by atoms with van der Waals surface area (Å²) in [7, 11) is 0. The first-order valence-corrected chi connectivity index (χ1v) is 7.06. The van der Waals surface area contributed by atoms with Gasteiger partial charge in [-0.15, -0.1) is 0 Å². The van der Waals surface area contributed by atoms with E-state index in [2.05, 4.69) is 27.9 Å². The average molecular weight is 408 g/mol. The standard InChI is InChI=1S/C13H8Cl2INO2/c14-7-2-4-11(10(16)5-7)17-13(19)9-3-1-8(15)6-12(9)18/h1-6,18H,(H,17,19). The maximum Gasteiger partial charge on any atom is 0.259 e. The molecule has 0 aromatic heterocycles. The number of phenolic OH excluding ortho intramolecular Hbond substituents is 1. The van der Waals surface area contributed by atoms with Crippen LogP contribution in [-0.2, 0) is 0 Å². The van der Waals surface area contributed by atoms with Gasteiger partial charge < -0.3 is 10.4 Å². The van der Waals surface area contributed by atoms with E-state index in [0.717, 1.165) is 3.57 Å². The number of halogens is 3. The van der Waals surface area contributed by atoms with Crippen molar-refractivity contribution in [2.75, 3.05) is 5.32 Å². The molecule has 0 saturated heterocycles. The second-order valence-electron chi connectivity index (χ2n) is 3.74. The molecule has 19 heavy (non-hydrogen) atoms. The molecule has 2 aromatic carbocycles. The fourth-order valence-electron chi connectivity index (χ4n) is 1.48. The van der Waals surface area contributed by atoms with E-state index in [1.807, 2.05) is 0 Å². The quantitative estimate of drug-likeness (QED) is 0.717. The minimum Gasteiger partial charge on any atom is -0.507 e. The van der Waals surface area contributed by atoms with Crippen molar-refractivity contribution < 1.29 is 9.90 Å². The average Bonchev–Trinajstić information content (AvgIpc) is 2.32. The molecule has 0 spiro atoms. The zero-order valence-corrected chi connectivity index (χ0v) is 13.1. The normalized spacial score (nSPS) is 10.3. The third-order valence-electron chi connectivity index (χ3n) is 2.38. The molecule has 0 atom stereocenters. The summed E-state index contributed by atoms with van der Waals surface area (Å²) in [5.74, 6) is -0.566. The zero-order chi connectivity index (χ0) is 14.0. The van der Waals surface area contributed by atoms with Crippen LogP contribution in [0.1, 0.15) is 10.4 Å². The Morgan fingerprint density at radius 1 is 1.11 bits per heavy atom. The largest absolute Gasteiger partial charge is 0.507 e. The van der Waals surface area contributed by atoms with Gasteiger partial charge in [0.2, 0.25) is 0 Å². The molecule has 3 nitrogen and oxygen atoms in total. The van der Waals surface area contributed by atoms with Crippen LogP contribution in [0, 0.1) is 3.57 Å². The second-order valence-corrected chi connectivity index (χ2v) is 5.77. The van der Waals surface area contributed by atoms with Crippen LogP contribution in [0.4, 0.5) is 5.69 Å². The van der Waals surface area contributed by atoms with E-state index in [4.69, 9.17) is 23.2 Å². The Morgan fingerprint density at radius 2 is 1.74 bits per heavy atom. The van der Waals surface area contributed by atoms with Crippen molar-refractivity contribution in [1.29, 1.82) is 0 Å². The van der Waals surface area contributed by atoms with Crippen LogP contribution >= 0.6 is 45.8 Å². The van der Waals surface area contributed by atoms with Crippen LogP contribution in [-0.4, -0.2) is 11.0 Å². The van der Waals surface area contributed by atoms with Gasteiger partial charge in [-0.3, -0.25) is 4.79 Å². The lowest BCUT2D eigenvalue weighted by Gasteiger charge is -2.09. The highest BCUT2D eigenvalue weighted by Crippen LogP contribution is 2.25. The minimum absolute atomic E-state index is 0.158. The number of amides is 1. The lowest BCUT2D eigenvalue weighted by atomic mass is 10.2. The summed E-state index contributed by atoms with van der Waals surface area (Å²) < 4.78 is 0.812. The number of phenols is 1. The highest BCUT2D eigenvalue weighted by molar-refractivity contribution is 14.1. The van der Waals surface area contributed by atoms with E-state index in [0.29, 0.717) is 15.7 Å². The predicted molar refractivity (Wildman–Crippen MR) is 85.2 cm³/mol. The van der Waals surface area contributed by atoms with Crippen molar-refractivity contribution in [2.24, 2.45) is 0 Å². The van der Waals surface area contributed by atoms with Gasteiger partial charge in [-0.25, -0.2) is 0 Å². The highest BCUT2D eigenvalue weighted by Gasteiger charge is 2.13. The molecule has 0 fully saturated rings. The van der Waals surface area contributed by atoms with E-state index < -0.39 is 5.91 Å². The summed E-state index contributed by atoms with van der Waals surface area (Å²) in [5, 5.41) is 13.4. The number of anilines is 1. The first-order valence-electron chi connectivity index (χ1n) is 5.22. The Kier molecular flexibility index (Phi) is 4.54. The maximum absolute atomic E-state index is 12.0. The van der Waals surface area contributed by atoms with Gasteiger partial charge in [0, 0.05) is 13.6 Å². The number of hydrogen-bond donors (Lipinski definition) is 2. The van der Waals surface area contributed by atoms with Crippen LogP contribution in [0.5, 0.6) is 5.75 Å². The number of nitrogens with one attached hydrogen (secondary N) is 1. The Bertz CT molecular complexity index is 647. The smallest absolute Gasteiger partial charge is 0.259 e. The number of benzene rings is 2. The van der Waals surface area contributed by atoms with E-state index in [1.54, 1.807) is 24.3 Å². The van der Waals surface area contributed by atoms with E-state index in [1.165, 1.54) is 12.1 Å². The van der Waals surface area contributed by atoms with Crippen LogP contribution in [0.3, 0.4) is 0 Å². The SMILES string of the molecule is O=C(Nc1ccc(Cl)cc1I)c1ccc(Cl)cc1O. The first kappa shape index (κ1) is 14.4. The number of rotatable bonds is 2. The van der Waals surface area contributed by atoms with Crippen molar-refractivity contribution in [1.82, 2.24) is 0 Å². The maximum atomic E-state index is 12.0. The summed E-state index contributed by atoms with van der Waals surface area (Å²) in [6.45, 7) is 0. The second kappa shape index (κ2) is 5.98. The third-order valence-corrected chi connectivity index (χ3v) is 3.75. The van der Waals surface area contributed by atoms with E-state index in [-0.39, 0.29) is 11.3 Å². The number of carbonyl (C=O) groups is 1. The van der Waals surface area contributed by atoms with E-state index >= 15 is 0 Å². The summed E-state index contributed by atoms with van der Waals surface area (Å²) in [6, 6.07) is 9.46. The molecule has 0 aliphatic rings. The van der Waals surface area contributed by atoms with Crippen molar-refractivity contribution >= 4 is 57.4 Å². The van der Waals surface area contributed by atoms with Crippen LogP contribution in [0.25, 0.3) is 0 Å². The molecule has 0 heterocycles. The lowest BCUT2D eigenvalue weighted by Crippen LogP contribution is -2.12. The number of hydrogen-bond acceptors (Lipinski definition) is 2. The highest BCUT2D eigenvalue weighted by atomic mass is 127. The molecule has 2 aromatic rings. The van der Waals surface area contributed by atoms with Crippen LogP contribution in [0.2, 0.25) is 10.0 Å². The summed E-state index contributed by atoms with van der Waals surface area (Å²) >= 11 is 13.6. The fourth-order valence-corrected chi connectivity index (χ4v) is 2.65. The predicted octanol–water partition coefficient (Wildman–Crippen LogP) is 4.56. The van der Waals surface area contributed by atoms with Gasteiger partial charge in [0.15, 0.2) is 0 Å². The summed E-state index contributed by atoms with van der Waals surface area (Å²) in [5.41, 5.74) is 0.791. The van der Waals surface area contributed by atoms with Gasteiger partial charge in [0.25, 0.3) is 5.91 Å². The molecule has 0 saturated carbocycles. The Hall–Kier alpha value is -0.980. The Morgan fingerprint density at radius 3 is 2.37 bits per heavy atom. The molecule has 0 aliphatic heterocycles. The van der Waals surface area contributed by atoms with Gasteiger partial charge in [0.05, 0.1) is 11.3 Å². The molecule has 1 amide bonds. The van der Waals surface area contributed by atoms with Crippen LogP contribution in [0.15, 0.2) is 36.4 Å². The summed E-state index contributed by atoms with van der Waals surface area (Å²) in [6.07, 6.45) is 0.